The van der Waals surface area contributed by atoms with Crippen LogP contribution in [-0.2, 0) is 4.74 Å². The summed E-state index contributed by atoms with van der Waals surface area (Å²) in [4.78, 5) is 2.18. The fourth-order valence-electron chi connectivity index (χ4n) is 1.13. The Morgan fingerprint density at radius 2 is 1.92 bits per heavy atom. The lowest BCUT2D eigenvalue weighted by Crippen LogP contribution is -2.29. The molecule has 1 unspecified atom stereocenters. The maximum absolute atomic E-state index is 8.84. The van der Waals surface area contributed by atoms with Crippen LogP contribution in [0, 0.1) is 5.92 Å². The van der Waals surface area contributed by atoms with Crippen molar-refractivity contribution in [3.8, 4) is 0 Å². The van der Waals surface area contributed by atoms with Crippen molar-refractivity contribution in [3.05, 3.63) is 0 Å². The second-order valence-electron chi connectivity index (χ2n) is 3.97. The van der Waals surface area contributed by atoms with E-state index in [9.17, 15) is 0 Å². The zero-order valence-corrected chi connectivity index (χ0v) is 9.29. The van der Waals surface area contributed by atoms with E-state index in [0.29, 0.717) is 12.0 Å². The van der Waals surface area contributed by atoms with Gasteiger partial charge in [-0.3, -0.25) is 0 Å². The minimum atomic E-state index is 0.259. The van der Waals surface area contributed by atoms with E-state index in [-0.39, 0.29) is 6.61 Å². The highest BCUT2D eigenvalue weighted by molar-refractivity contribution is 4.57. The van der Waals surface area contributed by atoms with Gasteiger partial charge in [-0.2, -0.15) is 0 Å². The summed E-state index contributed by atoms with van der Waals surface area (Å²) in [5.74, 6) is 0.351. The Morgan fingerprint density at radius 3 is 2.38 bits per heavy atom. The summed E-state index contributed by atoms with van der Waals surface area (Å²) in [5, 5.41) is 8.84. The average molecular weight is 189 g/mol. The first-order valence-corrected chi connectivity index (χ1v) is 4.97. The maximum atomic E-state index is 8.84. The smallest absolute Gasteiger partial charge is 0.0596 e. The number of rotatable bonds is 7. The molecule has 0 aromatic carbocycles. The SMILES string of the molecule is CC(CO)CN(C)CCOC(C)C. The molecule has 0 aliphatic heterocycles. The molecule has 1 atom stereocenters. The summed E-state index contributed by atoms with van der Waals surface area (Å²) in [7, 11) is 2.05. The Hall–Kier alpha value is -0.120. The van der Waals surface area contributed by atoms with Gasteiger partial charge in [-0.1, -0.05) is 6.92 Å². The fraction of sp³-hybridized carbons (Fsp3) is 1.00. The number of nitrogens with zero attached hydrogens (tertiary/aromatic N) is 1. The molecule has 80 valence electrons. The van der Waals surface area contributed by atoms with Gasteiger partial charge in [-0.05, 0) is 26.8 Å². The lowest BCUT2D eigenvalue weighted by Gasteiger charge is -2.20. The molecule has 3 heteroatoms. The summed E-state index contributed by atoms with van der Waals surface area (Å²) >= 11 is 0. The van der Waals surface area contributed by atoms with Crippen molar-refractivity contribution in [2.24, 2.45) is 5.92 Å². The van der Waals surface area contributed by atoms with Crippen molar-refractivity contribution < 1.29 is 9.84 Å². The summed E-state index contributed by atoms with van der Waals surface area (Å²) in [6, 6.07) is 0. The van der Waals surface area contributed by atoms with Gasteiger partial charge in [-0.15, -0.1) is 0 Å². The van der Waals surface area contributed by atoms with E-state index in [1.54, 1.807) is 0 Å². The number of ether oxygens (including phenoxy) is 1. The molecule has 0 aliphatic rings. The van der Waals surface area contributed by atoms with E-state index in [0.717, 1.165) is 19.7 Å². The standard InChI is InChI=1S/C10H23NO2/c1-9(2)13-6-5-11(4)7-10(3)8-12/h9-10,12H,5-8H2,1-4H3. The Kier molecular flexibility index (Phi) is 7.23. The predicted molar refractivity (Wildman–Crippen MR) is 54.8 cm³/mol. The summed E-state index contributed by atoms with van der Waals surface area (Å²) < 4.78 is 5.42. The zero-order chi connectivity index (χ0) is 10.3. The number of hydrogen-bond donors (Lipinski definition) is 1. The van der Waals surface area contributed by atoms with Gasteiger partial charge in [0.15, 0.2) is 0 Å². The monoisotopic (exact) mass is 189 g/mol. The van der Waals surface area contributed by atoms with Crippen LogP contribution in [0.25, 0.3) is 0 Å². The molecule has 13 heavy (non-hydrogen) atoms. The molecule has 0 bridgehead atoms. The largest absolute Gasteiger partial charge is 0.396 e. The zero-order valence-electron chi connectivity index (χ0n) is 9.29. The Balaban J connectivity index is 3.34. The first kappa shape index (κ1) is 12.9. The Morgan fingerprint density at radius 1 is 1.31 bits per heavy atom. The van der Waals surface area contributed by atoms with E-state index in [1.165, 1.54) is 0 Å². The normalized spacial score (nSPS) is 14.1. The molecular weight excluding hydrogens is 166 g/mol. The van der Waals surface area contributed by atoms with Crippen LogP contribution in [0.3, 0.4) is 0 Å². The lowest BCUT2D eigenvalue weighted by molar-refractivity contribution is 0.0595. The molecule has 0 saturated heterocycles. The maximum Gasteiger partial charge on any atom is 0.0596 e. The highest BCUT2D eigenvalue weighted by atomic mass is 16.5. The molecule has 0 fully saturated rings. The number of likely N-dealkylation sites (N-methyl/N-ethyl adjacent to an activating group) is 1. The Labute approximate surface area is 81.7 Å². The van der Waals surface area contributed by atoms with Crippen LogP contribution in [0.2, 0.25) is 0 Å². The van der Waals surface area contributed by atoms with Gasteiger partial charge >= 0.3 is 0 Å². The third kappa shape index (κ3) is 8.22. The van der Waals surface area contributed by atoms with Gasteiger partial charge in [0.05, 0.1) is 12.7 Å². The van der Waals surface area contributed by atoms with Crippen LogP contribution in [0.5, 0.6) is 0 Å². The average Bonchev–Trinajstić information content (AvgIpc) is 2.03. The molecular formula is C10H23NO2. The third-order valence-corrected chi connectivity index (χ3v) is 1.86. The second-order valence-corrected chi connectivity index (χ2v) is 3.97. The summed E-state index contributed by atoms with van der Waals surface area (Å²) in [5.41, 5.74) is 0. The van der Waals surface area contributed by atoms with Crippen LogP contribution >= 0.6 is 0 Å². The minimum Gasteiger partial charge on any atom is -0.396 e. The molecule has 0 aromatic heterocycles. The first-order valence-electron chi connectivity index (χ1n) is 4.97. The van der Waals surface area contributed by atoms with Crippen LogP contribution in [0.1, 0.15) is 20.8 Å². The highest BCUT2D eigenvalue weighted by Crippen LogP contribution is 1.96. The van der Waals surface area contributed by atoms with Crippen LogP contribution in [0.4, 0.5) is 0 Å². The van der Waals surface area contributed by atoms with Gasteiger partial charge in [0, 0.05) is 19.7 Å². The molecule has 0 rings (SSSR count). The van der Waals surface area contributed by atoms with E-state index in [4.69, 9.17) is 9.84 Å². The van der Waals surface area contributed by atoms with E-state index in [1.807, 2.05) is 20.8 Å². The quantitative estimate of drug-likeness (QED) is 0.648. The van der Waals surface area contributed by atoms with Gasteiger partial charge in [0.25, 0.3) is 0 Å². The van der Waals surface area contributed by atoms with E-state index >= 15 is 0 Å². The van der Waals surface area contributed by atoms with Crippen molar-refractivity contribution in [2.75, 3.05) is 33.4 Å². The van der Waals surface area contributed by atoms with Crippen molar-refractivity contribution in [1.29, 1.82) is 0 Å². The number of aliphatic hydroxyl groups excluding tert-OH is 1. The highest BCUT2D eigenvalue weighted by Gasteiger charge is 2.04. The molecule has 3 nitrogen and oxygen atoms in total. The predicted octanol–water partition coefficient (Wildman–Crippen LogP) is 0.972. The molecule has 0 saturated carbocycles. The summed E-state index contributed by atoms with van der Waals surface area (Å²) in [6.07, 6.45) is 0.309. The molecule has 0 spiro atoms. The van der Waals surface area contributed by atoms with Crippen molar-refractivity contribution in [1.82, 2.24) is 4.90 Å². The van der Waals surface area contributed by atoms with Crippen molar-refractivity contribution in [3.63, 3.8) is 0 Å². The summed E-state index contributed by atoms with van der Waals surface area (Å²) in [6.45, 7) is 9.01. The van der Waals surface area contributed by atoms with Gasteiger partial charge in [0.2, 0.25) is 0 Å². The second kappa shape index (κ2) is 7.30. The molecule has 0 radical (unpaired) electrons. The van der Waals surface area contributed by atoms with E-state index in [2.05, 4.69) is 11.9 Å². The van der Waals surface area contributed by atoms with Crippen molar-refractivity contribution in [2.45, 2.75) is 26.9 Å². The lowest BCUT2D eigenvalue weighted by atomic mass is 10.2. The van der Waals surface area contributed by atoms with Gasteiger partial charge in [-0.25, -0.2) is 0 Å². The minimum absolute atomic E-state index is 0.259. The van der Waals surface area contributed by atoms with Crippen LogP contribution < -0.4 is 0 Å². The van der Waals surface area contributed by atoms with Crippen molar-refractivity contribution >= 4 is 0 Å². The van der Waals surface area contributed by atoms with Crippen LogP contribution in [0.15, 0.2) is 0 Å². The molecule has 0 amide bonds. The van der Waals surface area contributed by atoms with Crippen LogP contribution in [-0.4, -0.2) is 49.5 Å². The molecule has 0 aromatic rings. The van der Waals surface area contributed by atoms with Gasteiger partial charge < -0.3 is 14.7 Å². The molecule has 1 N–H and O–H groups in total. The third-order valence-electron chi connectivity index (χ3n) is 1.86. The topological polar surface area (TPSA) is 32.7 Å². The fourth-order valence-corrected chi connectivity index (χ4v) is 1.13. The first-order chi connectivity index (χ1) is 6.06. The number of aliphatic hydroxyl groups is 1. The number of hydrogen-bond acceptors (Lipinski definition) is 3. The van der Waals surface area contributed by atoms with E-state index < -0.39 is 0 Å². The molecule has 0 heterocycles. The Bertz CT molecular complexity index is 117. The van der Waals surface area contributed by atoms with Gasteiger partial charge in [0.1, 0.15) is 0 Å². The molecule has 0 aliphatic carbocycles.